The van der Waals surface area contributed by atoms with Gasteiger partial charge in [-0.3, -0.25) is 33.5 Å². The Kier molecular flexibility index (Phi) is 12.6. The lowest BCUT2D eigenvalue weighted by atomic mass is 10.0. The highest BCUT2D eigenvalue weighted by Crippen LogP contribution is 2.38. The van der Waals surface area contributed by atoms with Gasteiger partial charge in [-0.1, -0.05) is 29.3 Å². The first kappa shape index (κ1) is 39.6. The number of rotatable bonds is 17. The minimum Gasteiger partial charge on any atom is -0.489 e. The first-order valence-electron chi connectivity index (χ1n) is 17.3. The molecule has 1 atom stereocenters. The molecule has 54 heavy (non-hydrogen) atoms. The minimum atomic E-state index is -3.76. The third-order valence-corrected chi connectivity index (χ3v) is 11.1. The highest BCUT2D eigenvalue weighted by Gasteiger charge is 2.38. The van der Waals surface area contributed by atoms with E-state index in [1.165, 1.54) is 53.1 Å². The molecule has 290 valence electrons. The number of amides is 2. The third-order valence-electron chi connectivity index (χ3n) is 9.21. The molecule has 3 aromatic rings. The Morgan fingerprint density at radius 3 is 2.39 bits per heavy atom. The molecular weight excluding hydrogens is 773 g/mol. The number of nitrogens with zero attached hydrogens (tertiary/aromatic N) is 4. The molecule has 0 radical (unpaired) electrons. The lowest BCUT2D eigenvalue weighted by Gasteiger charge is -2.28. The zero-order valence-corrected chi connectivity index (χ0v) is 31.5. The number of esters is 1. The van der Waals surface area contributed by atoms with E-state index in [1.54, 1.807) is 0 Å². The van der Waals surface area contributed by atoms with E-state index in [0.29, 0.717) is 42.2 Å². The molecule has 1 aliphatic carbocycles. The fourth-order valence-corrected chi connectivity index (χ4v) is 7.70. The monoisotopic (exact) mass is 810 g/mol. The van der Waals surface area contributed by atoms with Crippen LogP contribution in [-0.4, -0.2) is 106 Å². The number of pyridine rings is 1. The van der Waals surface area contributed by atoms with E-state index in [4.69, 9.17) is 37.4 Å². The van der Waals surface area contributed by atoms with Crippen LogP contribution in [0.3, 0.4) is 0 Å². The average Bonchev–Trinajstić information content (AvgIpc) is 3.93. The number of anilines is 1. The van der Waals surface area contributed by atoms with Gasteiger partial charge in [0.1, 0.15) is 12.6 Å². The molecule has 1 saturated carbocycles. The van der Waals surface area contributed by atoms with Gasteiger partial charge in [0, 0.05) is 45.0 Å². The number of carbonyl (C=O) groups is 3. The number of fused-ring (bicyclic) bond motifs is 1. The molecular formula is C36H38Cl2F2N4O9S. The summed E-state index contributed by atoms with van der Waals surface area (Å²) in [6.45, 7) is -0.134. The summed E-state index contributed by atoms with van der Waals surface area (Å²) in [6.07, 6.45) is 4.92. The zero-order valence-electron chi connectivity index (χ0n) is 29.2. The molecule has 3 heterocycles. The van der Waals surface area contributed by atoms with E-state index in [1.807, 2.05) is 0 Å². The van der Waals surface area contributed by atoms with Gasteiger partial charge < -0.3 is 18.9 Å². The standard InChI is InChI=1S/C36H38Cl2F2N4O9S/c1-54(48,49)44(10-2-9-42-11-13-50-14-12-42)24-6-7-25-26(16-24)35(47)43(34(25)46)20-33(45)52-31(17-27-28(37)18-41-19-29(27)38)23-5-8-30(53-36(39)40)32(15-23)51-21-22-3-4-22/h5-8,15-16,18-19,22,31,36H,2-4,9-14,17,20-21H2,1H3/t31-/m0/s1. The van der Waals surface area contributed by atoms with Crippen molar-refractivity contribution in [3.05, 3.63) is 81.1 Å². The SMILES string of the molecule is CS(=O)(=O)N(CCCN1CCOCC1)c1ccc2c(c1)C(=O)N(CC(=O)O[C@@H](Cc1c(Cl)cncc1Cl)c1ccc(OC(F)F)c(OCC3CC3)c1)C2=O. The molecule has 0 N–H and O–H groups in total. The van der Waals surface area contributed by atoms with Crippen LogP contribution in [0.2, 0.25) is 10.0 Å². The Morgan fingerprint density at radius 2 is 1.72 bits per heavy atom. The lowest BCUT2D eigenvalue weighted by Crippen LogP contribution is -2.39. The van der Waals surface area contributed by atoms with Crippen molar-refractivity contribution in [1.29, 1.82) is 0 Å². The van der Waals surface area contributed by atoms with Crippen molar-refractivity contribution in [2.45, 2.75) is 38.4 Å². The number of carbonyl (C=O) groups excluding carboxylic acids is 3. The van der Waals surface area contributed by atoms with Crippen LogP contribution in [0, 0.1) is 5.92 Å². The predicted octanol–water partition coefficient (Wildman–Crippen LogP) is 5.39. The molecule has 2 fully saturated rings. The number of sulfonamides is 1. The summed E-state index contributed by atoms with van der Waals surface area (Å²) in [7, 11) is -3.76. The molecule has 2 amide bonds. The van der Waals surface area contributed by atoms with Gasteiger partial charge in [-0.2, -0.15) is 8.78 Å². The van der Waals surface area contributed by atoms with E-state index in [9.17, 15) is 31.6 Å². The number of halogens is 4. The molecule has 0 bridgehead atoms. The Bertz CT molecular complexity index is 1980. The number of ether oxygens (including phenoxy) is 4. The van der Waals surface area contributed by atoms with E-state index in [-0.39, 0.29) is 63.8 Å². The Morgan fingerprint density at radius 1 is 1.02 bits per heavy atom. The second-order valence-corrected chi connectivity index (χ2v) is 15.9. The smallest absolute Gasteiger partial charge is 0.387 e. The van der Waals surface area contributed by atoms with Crippen LogP contribution in [0.25, 0.3) is 0 Å². The summed E-state index contributed by atoms with van der Waals surface area (Å²) in [4.78, 5) is 47.4. The van der Waals surface area contributed by atoms with Crippen LogP contribution in [-0.2, 0) is 30.7 Å². The number of benzene rings is 2. The molecule has 3 aliphatic rings. The average molecular weight is 812 g/mol. The Balaban J connectivity index is 1.20. The molecule has 1 saturated heterocycles. The predicted molar refractivity (Wildman–Crippen MR) is 194 cm³/mol. The second-order valence-electron chi connectivity index (χ2n) is 13.2. The molecule has 2 aromatic carbocycles. The quantitative estimate of drug-likeness (QED) is 0.128. The lowest BCUT2D eigenvalue weighted by molar-refractivity contribution is -0.149. The maximum Gasteiger partial charge on any atom is 0.387 e. The fraction of sp³-hybridized carbons (Fsp3) is 0.444. The van der Waals surface area contributed by atoms with E-state index in [2.05, 4.69) is 14.6 Å². The highest BCUT2D eigenvalue weighted by molar-refractivity contribution is 7.92. The normalized spacial score (nSPS) is 16.7. The number of imide groups is 1. The van der Waals surface area contributed by atoms with E-state index in [0.717, 1.165) is 32.2 Å². The second kappa shape index (κ2) is 17.1. The van der Waals surface area contributed by atoms with Crippen molar-refractivity contribution < 1.29 is 50.5 Å². The zero-order chi connectivity index (χ0) is 38.6. The van der Waals surface area contributed by atoms with Crippen molar-refractivity contribution in [2.75, 3.05) is 63.1 Å². The Labute approximate surface area is 321 Å². The van der Waals surface area contributed by atoms with Gasteiger partial charge in [0.15, 0.2) is 11.5 Å². The summed E-state index contributed by atoms with van der Waals surface area (Å²) >= 11 is 12.8. The van der Waals surface area contributed by atoms with Gasteiger partial charge in [-0.05, 0) is 66.6 Å². The highest BCUT2D eigenvalue weighted by atomic mass is 35.5. The van der Waals surface area contributed by atoms with Gasteiger partial charge in [0.25, 0.3) is 11.8 Å². The van der Waals surface area contributed by atoms with Crippen LogP contribution >= 0.6 is 23.2 Å². The molecule has 13 nitrogen and oxygen atoms in total. The molecule has 6 rings (SSSR count). The van der Waals surface area contributed by atoms with Gasteiger partial charge in [0.05, 0.1) is 52.9 Å². The summed E-state index contributed by atoms with van der Waals surface area (Å²) in [6, 6.07) is 8.24. The molecule has 1 aromatic heterocycles. The molecule has 0 unspecified atom stereocenters. The maximum absolute atomic E-state index is 13.6. The molecule has 18 heteroatoms. The molecule has 2 aliphatic heterocycles. The van der Waals surface area contributed by atoms with Crippen molar-refractivity contribution in [1.82, 2.24) is 14.8 Å². The van der Waals surface area contributed by atoms with E-state index < -0.39 is 47.1 Å². The topological polar surface area (TPSA) is 145 Å². The van der Waals surface area contributed by atoms with E-state index >= 15 is 0 Å². The number of morpholine rings is 1. The van der Waals surface area contributed by atoms with Crippen LogP contribution in [0.15, 0.2) is 48.8 Å². The van der Waals surface area contributed by atoms with Crippen LogP contribution in [0.1, 0.15) is 57.2 Å². The van der Waals surface area contributed by atoms with Gasteiger partial charge in [0.2, 0.25) is 10.0 Å². The first-order chi connectivity index (χ1) is 25.8. The van der Waals surface area contributed by atoms with Crippen molar-refractivity contribution in [3.8, 4) is 11.5 Å². The number of aromatic nitrogens is 1. The van der Waals surface area contributed by atoms with Crippen molar-refractivity contribution >= 4 is 56.7 Å². The van der Waals surface area contributed by atoms with Gasteiger partial charge >= 0.3 is 12.6 Å². The molecule has 0 spiro atoms. The number of alkyl halides is 2. The fourth-order valence-electron chi connectivity index (χ4n) is 6.22. The van der Waals surface area contributed by atoms with Gasteiger partial charge in [-0.25, -0.2) is 8.42 Å². The van der Waals surface area contributed by atoms with Crippen molar-refractivity contribution in [3.63, 3.8) is 0 Å². The summed E-state index contributed by atoms with van der Waals surface area (Å²) < 4.78 is 75.0. The maximum atomic E-state index is 13.6. The van der Waals surface area contributed by atoms with Crippen LogP contribution < -0.4 is 13.8 Å². The summed E-state index contributed by atoms with van der Waals surface area (Å²) in [5, 5.41) is 0.346. The largest absolute Gasteiger partial charge is 0.489 e. The van der Waals surface area contributed by atoms with Gasteiger partial charge in [-0.15, -0.1) is 0 Å². The number of hydrogen-bond acceptors (Lipinski definition) is 11. The first-order valence-corrected chi connectivity index (χ1v) is 19.9. The Hall–Kier alpha value is -4.09. The summed E-state index contributed by atoms with van der Waals surface area (Å²) in [5.41, 5.74) is 0.812. The third kappa shape index (κ3) is 9.76. The van der Waals surface area contributed by atoms with Crippen LogP contribution in [0.5, 0.6) is 11.5 Å². The van der Waals surface area contributed by atoms with Crippen LogP contribution in [0.4, 0.5) is 14.5 Å². The summed E-state index contributed by atoms with van der Waals surface area (Å²) in [5.74, 6) is -2.48. The number of hydrogen-bond donors (Lipinski definition) is 0. The van der Waals surface area contributed by atoms with Crippen molar-refractivity contribution in [2.24, 2.45) is 5.92 Å². The minimum absolute atomic E-state index is 0.00251.